The highest BCUT2D eigenvalue weighted by Crippen LogP contribution is 2.21. The van der Waals surface area contributed by atoms with Crippen molar-refractivity contribution in [2.24, 2.45) is 0 Å². The van der Waals surface area contributed by atoms with Crippen molar-refractivity contribution in [1.82, 2.24) is 15.3 Å². The summed E-state index contributed by atoms with van der Waals surface area (Å²) in [6.07, 6.45) is 1.79. The van der Waals surface area contributed by atoms with Crippen LogP contribution >= 0.6 is 0 Å². The van der Waals surface area contributed by atoms with E-state index in [2.05, 4.69) is 29.1 Å². The van der Waals surface area contributed by atoms with E-state index in [-0.39, 0.29) is 0 Å². The molecule has 0 radical (unpaired) electrons. The summed E-state index contributed by atoms with van der Waals surface area (Å²) in [5.41, 5.74) is 1.95. The third-order valence-electron chi connectivity index (χ3n) is 2.74. The number of methoxy groups -OCH3 is 1. The molecular formula is C15H19N3O. The van der Waals surface area contributed by atoms with Crippen LogP contribution in [0.5, 0.6) is 5.75 Å². The Hall–Kier alpha value is -1.94. The quantitative estimate of drug-likeness (QED) is 0.894. The molecule has 2 aromatic rings. The number of rotatable bonds is 5. The van der Waals surface area contributed by atoms with Crippen molar-refractivity contribution in [2.75, 3.05) is 7.11 Å². The first-order valence-corrected chi connectivity index (χ1v) is 6.39. The summed E-state index contributed by atoms with van der Waals surface area (Å²) in [6.45, 7) is 4.88. The second kappa shape index (κ2) is 6.29. The highest BCUT2D eigenvalue weighted by atomic mass is 16.5. The van der Waals surface area contributed by atoms with Crippen molar-refractivity contribution in [3.8, 4) is 17.0 Å². The molecule has 4 heteroatoms. The van der Waals surface area contributed by atoms with Crippen LogP contribution in [0.1, 0.15) is 19.7 Å². The van der Waals surface area contributed by atoms with Gasteiger partial charge < -0.3 is 10.1 Å². The van der Waals surface area contributed by atoms with Crippen LogP contribution in [0.4, 0.5) is 0 Å². The Balaban J connectivity index is 2.22. The fraction of sp³-hybridized carbons (Fsp3) is 0.333. The standard InChI is InChI=1S/C15H19N3O/c1-11(2)17-10-15-16-8-7-14(18-15)12-5-4-6-13(9-12)19-3/h4-9,11,17H,10H2,1-3H3. The molecule has 0 spiro atoms. The average Bonchev–Trinajstić information content (AvgIpc) is 2.45. The van der Waals surface area contributed by atoms with Crippen molar-refractivity contribution in [2.45, 2.75) is 26.4 Å². The van der Waals surface area contributed by atoms with E-state index in [0.29, 0.717) is 12.6 Å². The van der Waals surface area contributed by atoms with Crippen molar-refractivity contribution in [3.05, 3.63) is 42.4 Å². The lowest BCUT2D eigenvalue weighted by Crippen LogP contribution is -2.23. The summed E-state index contributed by atoms with van der Waals surface area (Å²) < 4.78 is 5.23. The highest BCUT2D eigenvalue weighted by Gasteiger charge is 2.04. The van der Waals surface area contributed by atoms with Gasteiger partial charge >= 0.3 is 0 Å². The summed E-state index contributed by atoms with van der Waals surface area (Å²) in [6, 6.07) is 10.2. The second-order valence-electron chi connectivity index (χ2n) is 4.63. The van der Waals surface area contributed by atoms with Crippen molar-refractivity contribution < 1.29 is 4.74 Å². The van der Waals surface area contributed by atoms with E-state index in [9.17, 15) is 0 Å². The minimum absolute atomic E-state index is 0.420. The SMILES string of the molecule is COc1cccc(-c2ccnc(CNC(C)C)n2)c1. The molecule has 19 heavy (non-hydrogen) atoms. The molecule has 0 saturated heterocycles. The molecule has 2 rings (SSSR count). The first kappa shape index (κ1) is 13.5. The molecule has 1 aromatic heterocycles. The lowest BCUT2D eigenvalue weighted by atomic mass is 10.1. The Labute approximate surface area is 113 Å². The van der Waals surface area contributed by atoms with E-state index in [1.165, 1.54) is 0 Å². The molecule has 100 valence electrons. The Bertz CT molecular complexity index is 540. The van der Waals surface area contributed by atoms with Gasteiger partial charge in [0.25, 0.3) is 0 Å². The maximum Gasteiger partial charge on any atom is 0.142 e. The van der Waals surface area contributed by atoms with Crippen molar-refractivity contribution in [3.63, 3.8) is 0 Å². The van der Waals surface area contributed by atoms with Gasteiger partial charge in [0.15, 0.2) is 0 Å². The summed E-state index contributed by atoms with van der Waals surface area (Å²) in [4.78, 5) is 8.84. The van der Waals surface area contributed by atoms with E-state index >= 15 is 0 Å². The monoisotopic (exact) mass is 257 g/mol. The van der Waals surface area contributed by atoms with Crippen LogP contribution in [0.15, 0.2) is 36.5 Å². The Morgan fingerprint density at radius 1 is 1.26 bits per heavy atom. The van der Waals surface area contributed by atoms with Crippen LogP contribution in [0.3, 0.4) is 0 Å². The lowest BCUT2D eigenvalue weighted by Gasteiger charge is -2.08. The summed E-state index contributed by atoms with van der Waals surface area (Å²) >= 11 is 0. The molecule has 0 amide bonds. The number of nitrogens with zero attached hydrogens (tertiary/aromatic N) is 2. The predicted octanol–water partition coefficient (Wildman–Crippen LogP) is 2.65. The van der Waals surface area contributed by atoms with Crippen LogP contribution in [-0.4, -0.2) is 23.1 Å². The normalized spacial score (nSPS) is 10.7. The van der Waals surface area contributed by atoms with Crippen LogP contribution in [-0.2, 0) is 6.54 Å². The highest BCUT2D eigenvalue weighted by molar-refractivity contribution is 5.60. The zero-order chi connectivity index (χ0) is 13.7. The number of hydrogen-bond donors (Lipinski definition) is 1. The predicted molar refractivity (Wildman–Crippen MR) is 76.0 cm³/mol. The summed E-state index contributed by atoms with van der Waals surface area (Å²) in [5, 5.41) is 3.31. The van der Waals surface area contributed by atoms with Crippen LogP contribution in [0.25, 0.3) is 11.3 Å². The van der Waals surface area contributed by atoms with Gasteiger partial charge in [0.2, 0.25) is 0 Å². The second-order valence-corrected chi connectivity index (χ2v) is 4.63. The first-order chi connectivity index (χ1) is 9.19. The maximum atomic E-state index is 5.23. The third-order valence-corrected chi connectivity index (χ3v) is 2.74. The molecule has 0 aliphatic heterocycles. The lowest BCUT2D eigenvalue weighted by molar-refractivity contribution is 0.415. The summed E-state index contributed by atoms with van der Waals surface area (Å²) in [7, 11) is 1.66. The van der Waals surface area contributed by atoms with Gasteiger partial charge in [-0.2, -0.15) is 0 Å². The minimum atomic E-state index is 0.420. The van der Waals surface area contributed by atoms with E-state index in [0.717, 1.165) is 22.8 Å². The molecule has 0 unspecified atom stereocenters. The van der Waals surface area contributed by atoms with Gasteiger partial charge in [0.1, 0.15) is 11.6 Å². The molecule has 1 heterocycles. The Kier molecular flexibility index (Phi) is 4.47. The number of hydrogen-bond acceptors (Lipinski definition) is 4. The maximum absolute atomic E-state index is 5.23. The number of aromatic nitrogens is 2. The molecule has 0 aliphatic rings. The molecule has 4 nitrogen and oxygen atoms in total. The van der Waals surface area contributed by atoms with Gasteiger partial charge in [-0.15, -0.1) is 0 Å². The molecule has 0 atom stereocenters. The fourth-order valence-corrected chi connectivity index (χ4v) is 1.72. The van der Waals surface area contributed by atoms with Gasteiger partial charge in [-0.05, 0) is 18.2 Å². The van der Waals surface area contributed by atoms with Crippen LogP contribution in [0.2, 0.25) is 0 Å². The number of ether oxygens (including phenoxy) is 1. The van der Waals surface area contributed by atoms with Gasteiger partial charge in [-0.1, -0.05) is 26.0 Å². The van der Waals surface area contributed by atoms with Gasteiger partial charge in [0.05, 0.1) is 19.3 Å². The van der Waals surface area contributed by atoms with Crippen LogP contribution in [0, 0.1) is 0 Å². The zero-order valence-electron chi connectivity index (χ0n) is 11.6. The molecule has 0 fully saturated rings. The topological polar surface area (TPSA) is 47.0 Å². The first-order valence-electron chi connectivity index (χ1n) is 6.39. The van der Waals surface area contributed by atoms with E-state index in [1.54, 1.807) is 13.3 Å². The molecule has 1 aromatic carbocycles. The third kappa shape index (κ3) is 3.76. The Morgan fingerprint density at radius 2 is 2.11 bits per heavy atom. The number of benzene rings is 1. The van der Waals surface area contributed by atoms with Gasteiger partial charge in [0, 0.05) is 17.8 Å². The smallest absolute Gasteiger partial charge is 0.142 e. The molecular weight excluding hydrogens is 238 g/mol. The molecule has 0 aliphatic carbocycles. The van der Waals surface area contributed by atoms with Crippen molar-refractivity contribution >= 4 is 0 Å². The van der Waals surface area contributed by atoms with Crippen molar-refractivity contribution in [1.29, 1.82) is 0 Å². The zero-order valence-corrected chi connectivity index (χ0v) is 11.6. The minimum Gasteiger partial charge on any atom is -0.497 e. The largest absolute Gasteiger partial charge is 0.497 e. The summed E-state index contributed by atoms with van der Waals surface area (Å²) in [5.74, 6) is 1.63. The fourth-order valence-electron chi connectivity index (χ4n) is 1.72. The van der Waals surface area contributed by atoms with E-state index in [1.807, 2.05) is 30.3 Å². The average molecular weight is 257 g/mol. The van der Waals surface area contributed by atoms with Gasteiger partial charge in [-0.25, -0.2) is 9.97 Å². The Morgan fingerprint density at radius 3 is 2.84 bits per heavy atom. The van der Waals surface area contributed by atoms with E-state index < -0.39 is 0 Å². The van der Waals surface area contributed by atoms with E-state index in [4.69, 9.17) is 4.74 Å². The number of nitrogens with one attached hydrogen (secondary N) is 1. The molecule has 0 bridgehead atoms. The molecule has 1 N–H and O–H groups in total. The van der Waals surface area contributed by atoms with Gasteiger partial charge in [-0.3, -0.25) is 0 Å². The van der Waals surface area contributed by atoms with Crippen LogP contribution < -0.4 is 10.1 Å². The molecule has 0 saturated carbocycles.